The lowest BCUT2D eigenvalue weighted by molar-refractivity contribution is -0.125. The van der Waals surface area contributed by atoms with Crippen LogP contribution < -0.4 is 15.5 Å². The van der Waals surface area contributed by atoms with Gasteiger partial charge in [-0.2, -0.15) is 0 Å². The second-order valence-electron chi connectivity index (χ2n) is 8.30. The first-order valence-corrected chi connectivity index (χ1v) is 11.2. The Labute approximate surface area is 200 Å². The topological polar surface area (TPSA) is 91.4 Å². The summed E-state index contributed by atoms with van der Waals surface area (Å²) < 4.78 is 0. The Morgan fingerprint density at radius 2 is 1.59 bits per heavy atom. The minimum Gasteiger partial charge on any atom is -0.350 e. The van der Waals surface area contributed by atoms with Crippen LogP contribution >= 0.6 is 0 Å². The first-order chi connectivity index (χ1) is 16.3. The van der Waals surface area contributed by atoms with E-state index in [1.807, 2.05) is 75.4 Å². The van der Waals surface area contributed by atoms with Crippen molar-refractivity contribution in [2.45, 2.75) is 40.2 Å². The lowest BCUT2D eigenvalue weighted by Gasteiger charge is -2.24. The van der Waals surface area contributed by atoms with Gasteiger partial charge < -0.3 is 15.5 Å². The summed E-state index contributed by atoms with van der Waals surface area (Å²) in [6, 6.07) is 18.9. The molecule has 1 heterocycles. The summed E-state index contributed by atoms with van der Waals surface area (Å²) in [4.78, 5) is 43.9. The van der Waals surface area contributed by atoms with E-state index in [9.17, 15) is 14.4 Å². The van der Waals surface area contributed by atoms with Crippen LogP contribution in [-0.2, 0) is 20.9 Å². The average molecular weight is 459 g/mol. The molecule has 0 aliphatic carbocycles. The van der Waals surface area contributed by atoms with Crippen LogP contribution in [0.1, 0.15) is 35.1 Å². The quantitative estimate of drug-likeness (QED) is 0.506. The van der Waals surface area contributed by atoms with Gasteiger partial charge in [0.05, 0.1) is 0 Å². The van der Waals surface area contributed by atoms with E-state index in [0.717, 1.165) is 22.3 Å². The molecule has 0 aliphatic rings. The van der Waals surface area contributed by atoms with Crippen LogP contribution in [0.3, 0.4) is 0 Å². The van der Waals surface area contributed by atoms with Crippen LogP contribution in [0.4, 0.5) is 11.5 Å². The molecule has 3 amide bonds. The first-order valence-electron chi connectivity index (χ1n) is 11.2. The number of aromatic nitrogens is 1. The Morgan fingerprint density at radius 1 is 0.853 bits per heavy atom. The van der Waals surface area contributed by atoms with E-state index in [0.29, 0.717) is 18.1 Å². The Kier molecular flexibility index (Phi) is 8.51. The average Bonchev–Trinajstić information content (AvgIpc) is 2.82. The summed E-state index contributed by atoms with van der Waals surface area (Å²) in [5, 5.41) is 5.59. The Morgan fingerprint density at radius 3 is 2.32 bits per heavy atom. The number of hydrogen-bond acceptors (Lipinski definition) is 4. The molecule has 0 atom stereocenters. The van der Waals surface area contributed by atoms with Crippen molar-refractivity contribution in [2.24, 2.45) is 0 Å². The van der Waals surface area contributed by atoms with Crippen molar-refractivity contribution in [3.05, 3.63) is 89.1 Å². The number of rotatable bonds is 9. The minimum absolute atomic E-state index is 0.0124. The van der Waals surface area contributed by atoms with E-state index in [1.165, 1.54) is 4.90 Å². The van der Waals surface area contributed by atoms with Gasteiger partial charge in [0.15, 0.2) is 0 Å². The van der Waals surface area contributed by atoms with E-state index in [-0.39, 0.29) is 37.1 Å². The van der Waals surface area contributed by atoms with Gasteiger partial charge in [0.1, 0.15) is 12.4 Å². The van der Waals surface area contributed by atoms with E-state index in [4.69, 9.17) is 0 Å². The first kappa shape index (κ1) is 24.6. The summed E-state index contributed by atoms with van der Waals surface area (Å²) in [6.45, 7) is 5.99. The van der Waals surface area contributed by atoms with Gasteiger partial charge in [-0.15, -0.1) is 0 Å². The SMILES string of the molecule is Cc1ccnc(NC(=O)CCC(=O)N(CC(=O)NCc2ccccc2)c2cc(C)ccc2C)c1. The highest BCUT2D eigenvalue weighted by molar-refractivity contribution is 6.01. The van der Waals surface area contributed by atoms with Crippen LogP contribution in [-0.4, -0.2) is 29.3 Å². The fraction of sp³-hybridized carbons (Fsp3) is 0.259. The number of nitrogens with zero attached hydrogens (tertiary/aromatic N) is 2. The zero-order valence-corrected chi connectivity index (χ0v) is 19.8. The van der Waals surface area contributed by atoms with Crippen molar-refractivity contribution >= 4 is 29.2 Å². The normalized spacial score (nSPS) is 10.4. The van der Waals surface area contributed by atoms with Crippen molar-refractivity contribution in [2.75, 3.05) is 16.8 Å². The monoisotopic (exact) mass is 458 g/mol. The number of amides is 3. The van der Waals surface area contributed by atoms with E-state index in [2.05, 4.69) is 15.6 Å². The Bertz CT molecular complexity index is 1160. The smallest absolute Gasteiger partial charge is 0.240 e. The van der Waals surface area contributed by atoms with Gasteiger partial charge in [0, 0.05) is 31.3 Å². The summed E-state index contributed by atoms with van der Waals surface area (Å²) in [5.74, 6) is -0.424. The van der Waals surface area contributed by atoms with E-state index >= 15 is 0 Å². The number of carbonyl (C=O) groups is 3. The van der Waals surface area contributed by atoms with Crippen molar-refractivity contribution in [1.29, 1.82) is 0 Å². The van der Waals surface area contributed by atoms with Crippen LogP contribution in [0.5, 0.6) is 0 Å². The third kappa shape index (κ3) is 7.27. The fourth-order valence-electron chi connectivity index (χ4n) is 3.48. The molecule has 0 aliphatic heterocycles. The predicted molar refractivity (Wildman–Crippen MR) is 133 cm³/mol. The van der Waals surface area contributed by atoms with Crippen LogP contribution in [0, 0.1) is 20.8 Å². The molecule has 0 radical (unpaired) electrons. The molecule has 2 aromatic carbocycles. The molecule has 2 N–H and O–H groups in total. The third-order valence-corrected chi connectivity index (χ3v) is 5.34. The Hall–Kier alpha value is -4.00. The van der Waals surface area contributed by atoms with Crippen LogP contribution in [0.2, 0.25) is 0 Å². The molecule has 1 aromatic heterocycles. The molecule has 0 saturated carbocycles. The number of pyridine rings is 1. The number of hydrogen-bond donors (Lipinski definition) is 2. The second-order valence-corrected chi connectivity index (χ2v) is 8.30. The largest absolute Gasteiger partial charge is 0.350 e. The number of aryl methyl sites for hydroxylation is 3. The maximum atomic E-state index is 13.2. The molecule has 0 fully saturated rings. The van der Waals surface area contributed by atoms with Gasteiger partial charge in [-0.1, -0.05) is 42.5 Å². The molecule has 0 saturated heterocycles. The maximum Gasteiger partial charge on any atom is 0.240 e. The van der Waals surface area contributed by atoms with Gasteiger partial charge in [-0.3, -0.25) is 14.4 Å². The van der Waals surface area contributed by atoms with E-state index in [1.54, 1.807) is 12.3 Å². The number of carbonyl (C=O) groups excluding carboxylic acids is 3. The molecule has 3 aromatic rings. The van der Waals surface area contributed by atoms with Gasteiger partial charge in [0.2, 0.25) is 17.7 Å². The Balaban J connectivity index is 1.67. The summed E-state index contributed by atoms with van der Waals surface area (Å²) in [5.41, 5.74) is 4.47. The predicted octanol–water partition coefficient (Wildman–Crippen LogP) is 4.08. The molecular formula is C27H30N4O3. The van der Waals surface area contributed by atoms with Crippen molar-refractivity contribution in [1.82, 2.24) is 10.3 Å². The van der Waals surface area contributed by atoms with Crippen molar-refractivity contribution in [3.63, 3.8) is 0 Å². The number of nitrogens with one attached hydrogen (secondary N) is 2. The zero-order chi connectivity index (χ0) is 24.5. The lowest BCUT2D eigenvalue weighted by Crippen LogP contribution is -2.41. The molecule has 176 valence electrons. The standard InChI is InChI=1S/C27H30N4O3/c1-19-9-10-21(3)23(15-19)31(18-26(33)29-17-22-7-5-4-6-8-22)27(34)12-11-25(32)30-24-16-20(2)13-14-28-24/h4-10,13-16H,11-12,17-18H2,1-3H3,(H,29,33)(H,28,30,32). The summed E-state index contributed by atoms with van der Waals surface area (Å²) in [7, 11) is 0. The highest BCUT2D eigenvalue weighted by atomic mass is 16.2. The van der Waals surface area contributed by atoms with Crippen molar-refractivity contribution < 1.29 is 14.4 Å². The number of anilines is 2. The van der Waals surface area contributed by atoms with Crippen LogP contribution in [0.15, 0.2) is 66.9 Å². The van der Waals surface area contributed by atoms with Gasteiger partial charge >= 0.3 is 0 Å². The molecule has 0 bridgehead atoms. The molecule has 34 heavy (non-hydrogen) atoms. The lowest BCUT2D eigenvalue weighted by atomic mass is 10.1. The molecule has 7 heteroatoms. The second kappa shape index (κ2) is 11.7. The highest BCUT2D eigenvalue weighted by Gasteiger charge is 2.22. The van der Waals surface area contributed by atoms with Gasteiger partial charge in [0.25, 0.3) is 0 Å². The third-order valence-electron chi connectivity index (χ3n) is 5.34. The summed E-state index contributed by atoms with van der Waals surface area (Å²) >= 11 is 0. The minimum atomic E-state index is -0.305. The fourth-order valence-corrected chi connectivity index (χ4v) is 3.48. The maximum absolute atomic E-state index is 13.2. The molecule has 3 rings (SSSR count). The van der Waals surface area contributed by atoms with Crippen molar-refractivity contribution in [3.8, 4) is 0 Å². The molecule has 0 spiro atoms. The van der Waals surface area contributed by atoms with Gasteiger partial charge in [-0.25, -0.2) is 4.98 Å². The zero-order valence-electron chi connectivity index (χ0n) is 19.8. The van der Waals surface area contributed by atoms with Gasteiger partial charge in [-0.05, 0) is 61.2 Å². The van der Waals surface area contributed by atoms with Crippen LogP contribution in [0.25, 0.3) is 0 Å². The summed E-state index contributed by atoms with van der Waals surface area (Å²) in [6.07, 6.45) is 1.57. The highest BCUT2D eigenvalue weighted by Crippen LogP contribution is 2.23. The molecule has 7 nitrogen and oxygen atoms in total. The molecular weight excluding hydrogens is 428 g/mol. The number of benzene rings is 2. The van der Waals surface area contributed by atoms with E-state index < -0.39 is 0 Å². The molecule has 0 unspecified atom stereocenters.